The number of allylic oxidation sites excluding steroid dienone is 2. The van der Waals surface area contributed by atoms with Gasteiger partial charge < -0.3 is 4.74 Å². The Morgan fingerprint density at radius 3 is 2.60 bits per heavy atom. The van der Waals surface area contributed by atoms with Crippen LogP contribution in [-0.4, -0.2) is 12.7 Å². The first-order valence-electron chi connectivity index (χ1n) is 3.93. The molecule has 0 spiro atoms. The molecule has 1 aliphatic carbocycles. The summed E-state index contributed by atoms with van der Waals surface area (Å²) in [5.41, 5.74) is 0. The van der Waals surface area contributed by atoms with Crippen LogP contribution in [0, 0.1) is 5.92 Å². The van der Waals surface area contributed by atoms with Crippen LogP contribution in [0.4, 0.5) is 0 Å². The molecule has 0 bridgehead atoms. The second kappa shape index (κ2) is 2.59. The lowest BCUT2D eigenvalue weighted by Crippen LogP contribution is -2.13. The fourth-order valence-electron chi connectivity index (χ4n) is 1.60. The minimum absolute atomic E-state index is 0.481. The summed E-state index contributed by atoms with van der Waals surface area (Å²) in [6.45, 7) is 0.961. The van der Waals surface area contributed by atoms with E-state index in [1.165, 1.54) is 12.8 Å². The molecule has 1 saturated heterocycles. The standard InChI is InChI=1S/C9H12O/c1-2-5-8(4-1)9-6-3-7-10-9/h1-2,4-5,8-9H,3,6-7H2. The van der Waals surface area contributed by atoms with Crippen LogP contribution in [0.5, 0.6) is 0 Å². The Morgan fingerprint density at radius 2 is 2.00 bits per heavy atom. The molecule has 0 aromatic rings. The van der Waals surface area contributed by atoms with Crippen LogP contribution in [0.2, 0.25) is 0 Å². The van der Waals surface area contributed by atoms with Crippen molar-refractivity contribution >= 4 is 0 Å². The molecule has 54 valence electrons. The SMILES string of the molecule is C1=CC(C2CCCO2)C=C1. The molecule has 1 nitrogen and oxygen atoms in total. The maximum atomic E-state index is 5.53. The Labute approximate surface area is 61.4 Å². The fourth-order valence-corrected chi connectivity index (χ4v) is 1.60. The molecule has 0 radical (unpaired) electrons. The number of hydrogen-bond acceptors (Lipinski definition) is 1. The average Bonchev–Trinajstić information content (AvgIpc) is 2.59. The van der Waals surface area contributed by atoms with Gasteiger partial charge in [0.1, 0.15) is 0 Å². The third kappa shape index (κ3) is 1.01. The molecule has 1 fully saturated rings. The summed E-state index contributed by atoms with van der Waals surface area (Å²) < 4.78 is 5.53. The van der Waals surface area contributed by atoms with Gasteiger partial charge in [-0.15, -0.1) is 0 Å². The molecule has 1 heterocycles. The number of ether oxygens (including phenoxy) is 1. The van der Waals surface area contributed by atoms with E-state index in [2.05, 4.69) is 24.3 Å². The maximum absolute atomic E-state index is 5.53. The average molecular weight is 136 g/mol. The van der Waals surface area contributed by atoms with Crippen LogP contribution in [0.15, 0.2) is 24.3 Å². The molecule has 0 aromatic carbocycles. The van der Waals surface area contributed by atoms with Crippen molar-refractivity contribution in [2.75, 3.05) is 6.61 Å². The summed E-state index contributed by atoms with van der Waals surface area (Å²) in [6.07, 6.45) is 11.6. The molecule has 1 atom stereocenters. The van der Waals surface area contributed by atoms with Gasteiger partial charge in [0.25, 0.3) is 0 Å². The molecule has 0 N–H and O–H groups in total. The van der Waals surface area contributed by atoms with Crippen LogP contribution in [-0.2, 0) is 4.74 Å². The Hall–Kier alpha value is -0.560. The Morgan fingerprint density at radius 1 is 1.20 bits per heavy atom. The predicted molar refractivity (Wildman–Crippen MR) is 40.7 cm³/mol. The summed E-state index contributed by atoms with van der Waals surface area (Å²) in [6, 6.07) is 0. The smallest absolute Gasteiger partial charge is 0.0673 e. The fraction of sp³-hybridized carbons (Fsp3) is 0.556. The van der Waals surface area contributed by atoms with E-state index in [1.807, 2.05) is 0 Å². The van der Waals surface area contributed by atoms with E-state index in [9.17, 15) is 0 Å². The monoisotopic (exact) mass is 136 g/mol. The largest absolute Gasteiger partial charge is 0.377 e. The van der Waals surface area contributed by atoms with Gasteiger partial charge >= 0.3 is 0 Å². The number of hydrogen-bond donors (Lipinski definition) is 0. The van der Waals surface area contributed by atoms with Gasteiger partial charge in [0.2, 0.25) is 0 Å². The zero-order valence-electron chi connectivity index (χ0n) is 5.99. The van der Waals surface area contributed by atoms with Gasteiger partial charge in [-0.05, 0) is 12.8 Å². The van der Waals surface area contributed by atoms with Crippen LogP contribution < -0.4 is 0 Å². The van der Waals surface area contributed by atoms with Gasteiger partial charge in [-0.3, -0.25) is 0 Å². The molecule has 2 rings (SSSR count). The lowest BCUT2D eigenvalue weighted by atomic mass is 10.0. The van der Waals surface area contributed by atoms with Gasteiger partial charge in [0, 0.05) is 12.5 Å². The van der Waals surface area contributed by atoms with E-state index < -0.39 is 0 Å². The van der Waals surface area contributed by atoms with Crippen molar-refractivity contribution in [3.05, 3.63) is 24.3 Å². The first-order chi connectivity index (χ1) is 4.97. The second-order valence-corrected chi connectivity index (χ2v) is 2.90. The van der Waals surface area contributed by atoms with E-state index in [1.54, 1.807) is 0 Å². The highest BCUT2D eigenvalue weighted by atomic mass is 16.5. The zero-order chi connectivity index (χ0) is 6.81. The molecule has 0 amide bonds. The molecule has 0 aromatic heterocycles. The quantitative estimate of drug-likeness (QED) is 0.535. The minimum Gasteiger partial charge on any atom is -0.377 e. The second-order valence-electron chi connectivity index (χ2n) is 2.90. The molecule has 2 aliphatic rings. The van der Waals surface area contributed by atoms with Gasteiger partial charge in [-0.25, -0.2) is 0 Å². The third-order valence-corrected chi connectivity index (χ3v) is 2.17. The first-order valence-corrected chi connectivity index (χ1v) is 3.93. The molecule has 1 heteroatoms. The van der Waals surface area contributed by atoms with E-state index in [0.29, 0.717) is 12.0 Å². The zero-order valence-corrected chi connectivity index (χ0v) is 5.99. The molecule has 1 unspecified atom stereocenters. The predicted octanol–water partition coefficient (Wildman–Crippen LogP) is 1.91. The van der Waals surface area contributed by atoms with E-state index >= 15 is 0 Å². The van der Waals surface area contributed by atoms with Gasteiger partial charge in [-0.1, -0.05) is 24.3 Å². The van der Waals surface area contributed by atoms with Crippen molar-refractivity contribution < 1.29 is 4.74 Å². The van der Waals surface area contributed by atoms with Crippen molar-refractivity contribution in [1.29, 1.82) is 0 Å². The molecular weight excluding hydrogens is 124 g/mol. The summed E-state index contributed by atoms with van der Waals surface area (Å²) in [4.78, 5) is 0. The Bertz CT molecular complexity index is 152. The van der Waals surface area contributed by atoms with Crippen LogP contribution >= 0.6 is 0 Å². The molecule has 0 saturated carbocycles. The Kier molecular flexibility index (Phi) is 1.60. The summed E-state index contributed by atoms with van der Waals surface area (Å²) in [5.74, 6) is 0.572. The van der Waals surface area contributed by atoms with Gasteiger partial charge in [0.15, 0.2) is 0 Å². The molecule has 1 aliphatic heterocycles. The maximum Gasteiger partial charge on any atom is 0.0673 e. The highest BCUT2D eigenvalue weighted by Crippen LogP contribution is 2.24. The summed E-state index contributed by atoms with van der Waals surface area (Å²) in [5, 5.41) is 0. The van der Waals surface area contributed by atoms with E-state index in [4.69, 9.17) is 4.74 Å². The van der Waals surface area contributed by atoms with Crippen molar-refractivity contribution in [2.45, 2.75) is 18.9 Å². The number of rotatable bonds is 1. The van der Waals surface area contributed by atoms with Crippen molar-refractivity contribution in [3.8, 4) is 0 Å². The van der Waals surface area contributed by atoms with Gasteiger partial charge in [0.05, 0.1) is 6.10 Å². The van der Waals surface area contributed by atoms with Crippen molar-refractivity contribution in [1.82, 2.24) is 0 Å². The molecule has 10 heavy (non-hydrogen) atoms. The van der Waals surface area contributed by atoms with Crippen LogP contribution in [0.1, 0.15) is 12.8 Å². The Balaban J connectivity index is 1.98. The minimum atomic E-state index is 0.481. The van der Waals surface area contributed by atoms with Crippen LogP contribution in [0.3, 0.4) is 0 Å². The lowest BCUT2D eigenvalue weighted by molar-refractivity contribution is 0.0930. The highest BCUT2D eigenvalue weighted by molar-refractivity contribution is 5.19. The normalized spacial score (nSPS) is 32.2. The van der Waals surface area contributed by atoms with Crippen molar-refractivity contribution in [3.63, 3.8) is 0 Å². The molecular formula is C9H12O. The summed E-state index contributed by atoms with van der Waals surface area (Å²) >= 11 is 0. The van der Waals surface area contributed by atoms with E-state index in [-0.39, 0.29) is 0 Å². The lowest BCUT2D eigenvalue weighted by Gasteiger charge is -2.12. The first kappa shape index (κ1) is 6.17. The van der Waals surface area contributed by atoms with Crippen LogP contribution in [0.25, 0.3) is 0 Å². The topological polar surface area (TPSA) is 9.23 Å². The third-order valence-electron chi connectivity index (χ3n) is 2.17. The summed E-state index contributed by atoms with van der Waals surface area (Å²) in [7, 11) is 0. The highest BCUT2D eigenvalue weighted by Gasteiger charge is 2.22. The van der Waals surface area contributed by atoms with Gasteiger partial charge in [-0.2, -0.15) is 0 Å². The van der Waals surface area contributed by atoms with Crippen molar-refractivity contribution in [2.24, 2.45) is 5.92 Å². The van der Waals surface area contributed by atoms with E-state index in [0.717, 1.165) is 6.61 Å².